The summed E-state index contributed by atoms with van der Waals surface area (Å²) >= 11 is 0. The van der Waals surface area contributed by atoms with E-state index in [0.717, 1.165) is 30.0 Å². The third-order valence-electron chi connectivity index (χ3n) is 5.49. The van der Waals surface area contributed by atoms with E-state index in [1.807, 2.05) is 31.2 Å². The predicted octanol–water partition coefficient (Wildman–Crippen LogP) is 2.89. The fraction of sp³-hybridized carbons (Fsp3) is 0.455. The smallest absolute Gasteiger partial charge is 0.308 e. The van der Waals surface area contributed by atoms with Crippen molar-refractivity contribution in [2.24, 2.45) is 5.92 Å². The first kappa shape index (κ1) is 20.8. The lowest BCUT2D eigenvalue weighted by Crippen LogP contribution is -2.51. The highest BCUT2D eigenvalue weighted by Crippen LogP contribution is 2.26. The highest BCUT2D eigenvalue weighted by atomic mass is 16.4. The van der Waals surface area contributed by atoms with Gasteiger partial charge in [-0.15, -0.1) is 0 Å². The number of amides is 2. The van der Waals surface area contributed by atoms with Crippen molar-refractivity contribution in [3.63, 3.8) is 0 Å². The number of hydrogen-bond donors (Lipinski definition) is 3. The predicted molar refractivity (Wildman–Crippen MR) is 109 cm³/mol. The molecule has 7 heteroatoms. The first-order valence-electron chi connectivity index (χ1n) is 10.2. The van der Waals surface area contributed by atoms with Crippen molar-refractivity contribution < 1.29 is 19.5 Å². The van der Waals surface area contributed by atoms with Crippen LogP contribution < -0.4 is 10.6 Å². The van der Waals surface area contributed by atoms with Crippen LogP contribution in [0.3, 0.4) is 0 Å². The molecule has 1 fully saturated rings. The minimum absolute atomic E-state index is 0.252. The number of hydrogen-bond acceptors (Lipinski definition) is 4. The van der Waals surface area contributed by atoms with E-state index in [1.54, 1.807) is 12.3 Å². The van der Waals surface area contributed by atoms with Crippen LogP contribution in [0.1, 0.15) is 55.9 Å². The van der Waals surface area contributed by atoms with Gasteiger partial charge < -0.3 is 15.7 Å². The van der Waals surface area contributed by atoms with Crippen LogP contribution in [0.2, 0.25) is 0 Å². The number of carbonyl (C=O) groups excluding carboxylic acids is 2. The summed E-state index contributed by atoms with van der Waals surface area (Å²) in [5.74, 6) is -2.19. The Kier molecular flexibility index (Phi) is 6.80. The number of pyridine rings is 1. The molecule has 0 radical (unpaired) electrons. The van der Waals surface area contributed by atoms with Crippen LogP contribution in [0, 0.1) is 5.92 Å². The van der Waals surface area contributed by atoms with Crippen molar-refractivity contribution >= 4 is 28.6 Å². The second-order valence-corrected chi connectivity index (χ2v) is 7.58. The minimum atomic E-state index is -0.887. The van der Waals surface area contributed by atoms with E-state index in [1.165, 1.54) is 0 Å². The summed E-state index contributed by atoms with van der Waals surface area (Å²) in [5.41, 5.74) is 0.252. The van der Waals surface area contributed by atoms with E-state index in [2.05, 4.69) is 15.6 Å². The minimum Gasteiger partial charge on any atom is -0.481 e. The molecule has 1 aliphatic carbocycles. The van der Waals surface area contributed by atoms with E-state index < -0.39 is 23.8 Å². The Morgan fingerprint density at radius 1 is 1.21 bits per heavy atom. The van der Waals surface area contributed by atoms with Crippen molar-refractivity contribution in [2.45, 2.75) is 57.5 Å². The molecule has 0 saturated heterocycles. The third kappa shape index (κ3) is 5.10. The van der Waals surface area contributed by atoms with Gasteiger partial charge in [0.15, 0.2) is 0 Å². The first-order valence-corrected chi connectivity index (χ1v) is 10.2. The number of nitrogens with zero attached hydrogens (tertiary/aromatic N) is 1. The van der Waals surface area contributed by atoms with Crippen LogP contribution >= 0.6 is 0 Å². The topological polar surface area (TPSA) is 108 Å². The van der Waals surface area contributed by atoms with Gasteiger partial charge in [0.25, 0.3) is 5.91 Å². The number of nitrogens with one attached hydrogen (secondary N) is 2. The van der Waals surface area contributed by atoms with Gasteiger partial charge in [-0.1, -0.05) is 50.5 Å². The van der Waals surface area contributed by atoms with Gasteiger partial charge in [-0.25, -0.2) is 0 Å². The van der Waals surface area contributed by atoms with Crippen molar-refractivity contribution in [2.75, 3.05) is 0 Å². The maximum Gasteiger partial charge on any atom is 0.308 e. The number of aromatic nitrogens is 1. The summed E-state index contributed by atoms with van der Waals surface area (Å²) < 4.78 is 0. The zero-order valence-corrected chi connectivity index (χ0v) is 16.6. The fourth-order valence-corrected chi connectivity index (χ4v) is 3.83. The molecule has 29 heavy (non-hydrogen) atoms. The number of benzene rings is 1. The number of rotatable bonds is 8. The van der Waals surface area contributed by atoms with Gasteiger partial charge in [-0.3, -0.25) is 19.4 Å². The van der Waals surface area contributed by atoms with Crippen LogP contribution in [-0.2, 0) is 9.59 Å². The summed E-state index contributed by atoms with van der Waals surface area (Å²) in [6, 6.07) is 8.22. The SMILES string of the molecule is CCCC[C@H](NC(=O)c1cc2ccccc2cn1)C(=O)N[C@H]1CCC[C@H]1C(=O)O. The fourth-order valence-electron chi connectivity index (χ4n) is 3.83. The van der Waals surface area contributed by atoms with E-state index in [0.29, 0.717) is 19.3 Å². The molecule has 3 N–H and O–H groups in total. The molecule has 1 saturated carbocycles. The molecule has 0 aliphatic heterocycles. The molecule has 3 atom stereocenters. The lowest BCUT2D eigenvalue weighted by Gasteiger charge is -2.23. The van der Waals surface area contributed by atoms with Gasteiger partial charge in [-0.05, 0) is 30.7 Å². The Morgan fingerprint density at radius 3 is 2.69 bits per heavy atom. The molecular weight excluding hydrogens is 370 g/mol. The molecule has 1 heterocycles. The Hall–Kier alpha value is -2.96. The van der Waals surface area contributed by atoms with E-state index >= 15 is 0 Å². The van der Waals surface area contributed by atoms with E-state index in [-0.39, 0.29) is 17.6 Å². The molecule has 0 unspecified atom stereocenters. The third-order valence-corrected chi connectivity index (χ3v) is 5.49. The molecule has 7 nitrogen and oxygen atoms in total. The van der Waals surface area contributed by atoms with Gasteiger partial charge in [-0.2, -0.15) is 0 Å². The number of unbranched alkanes of at least 4 members (excludes halogenated alkanes) is 1. The van der Waals surface area contributed by atoms with Gasteiger partial charge in [0.2, 0.25) is 5.91 Å². The number of carboxylic acid groups (broad SMARTS) is 1. The van der Waals surface area contributed by atoms with Crippen LogP contribution in [0.5, 0.6) is 0 Å². The van der Waals surface area contributed by atoms with Crippen molar-refractivity contribution in [3.05, 3.63) is 42.2 Å². The Balaban J connectivity index is 1.70. The highest BCUT2D eigenvalue weighted by Gasteiger charge is 2.35. The Labute approximate surface area is 169 Å². The highest BCUT2D eigenvalue weighted by molar-refractivity contribution is 5.98. The normalized spacial score (nSPS) is 19.6. The number of fused-ring (bicyclic) bond motifs is 1. The zero-order valence-electron chi connectivity index (χ0n) is 16.6. The quantitative estimate of drug-likeness (QED) is 0.635. The van der Waals surface area contributed by atoms with Gasteiger partial charge in [0, 0.05) is 17.6 Å². The molecule has 3 rings (SSSR count). The standard InChI is InChI=1S/C22H27N3O4/c1-2-3-10-18(20(26)24-17-11-6-9-16(17)22(28)29)25-21(27)19-12-14-7-4-5-8-15(14)13-23-19/h4-5,7-8,12-13,16-18H,2-3,6,9-11H2,1H3,(H,24,26)(H,25,27)(H,28,29)/t16-,17+,18+/m1/s1. The monoisotopic (exact) mass is 397 g/mol. The number of aliphatic carboxylic acids is 1. The summed E-state index contributed by atoms with van der Waals surface area (Å²) in [6.07, 6.45) is 5.77. The second-order valence-electron chi connectivity index (χ2n) is 7.58. The Morgan fingerprint density at radius 2 is 1.97 bits per heavy atom. The van der Waals surface area contributed by atoms with Crippen LogP contribution in [0.25, 0.3) is 10.8 Å². The molecule has 0 bridgehead atoms. The van der Waals surface area contributed by atoms with Crippen LogP contribution in [0.4, 0.5) is 0 Å². The van der Waals surface area contributed by atoms with Crippen LogP contribution in [0.15, 0.2) is 36.5 Å². The molecule has 0 spiro atoms. The molecule has 154 valence electrons. The van der Waals surface area contributed by atoms with Crippen molar-refractivity contribution in [1.82, 2.24) is 15.6 Å². The average molecular weight is 397 g/mol. The van der Waals surface area contributed by atoms with Gasteiger partial charge >= 0.3 is 5.97 Å². The summed E-state index contributed by atoms with van der Waals surface area (Å²) in [4.78, 5) is 41.1. The van der Waals surface area contributed by atoms with E-state index in [4.69, 9.17) is 0 Å². The summed E-state index contributed by atoms with van der Waals surface area (Å²) in [5, 5.41) is 16.8. The molecule has 2 aromatic rings. The Bertz CT molecular complexity index is 899. The zero-order chi connectivity index (χ0) is 20.8. The number of carbonyl (C=O) groups is 3. The van der Waals surface area contributed by atoms with E-state index in [9.17, 15) is 19.5 Å². The van der Waals surface area contributed by atoms with Crippen molar-refractivity contribution in [3.8, 4) is 0 Å². The molecule has 1 aromatic heterocycles. The summed E-state index contributed by atoms with van der Waals surface area (Å²) in [7, 11) is 0. The molecule has 2 amide bonds. The average Bonchev–Trinajstić information content (AvgIpc) is 3.18. The first-order chi connectivity index (χ1) is 14.0. The maximum absolute atomic E-state index is 12.8. The lowest BCUT2D eigenvalue weighted by molar-refractivity contribution is -0.142. The molecular formula is C22H27N3O4. The largest absolute Gasteiger partial charge is 0.481 e. The van der Waals surface area contributed by atoms with Gasteiger partial charge in [0.1, 0.15) is 11.7 Å². The lowest BCUT2D eigenvalue weighted by atomic mass is 10.0. The van der Waals surface area contributed by atoms with Crippen molar-refractivity contribution in [1.29, 1.82) is 0 Å². The number of carboxylic acids is 1. The maximum atomic E-state index is 12.8. The second kappa shape index (κ2) is 9.49. The summed E-state index contributed by atoms with van der Waals surface area (Å²) in [6.45, 7) is 2.01. The molecule has 1 aromatic carbocycles. The van der Waals surface area contributed by atoms with Gasteiger partial charge in [0.05, 0.1) is 5.92 Å². The van der Waals surface area contributed by atoms with Crippen LogP contribution in [-0.4, -0.2) is 40.0 Å². The molecule has 1 aliphatic rings.